The molecule has 0 radical (unpaired) electrons. The minimum Gasteiger partial charge on any atom is -0.170 e. The van der Waals surface area contributed by atoms with Gasteiger partial charge in [0.05, 0.1) is 0 Å². The maximum atomic E-state index is 12.9. The predicted molar refractivity (Wildman–Crippen MR) is 118 cm³/mol. The average Bonchev–Trinajstić information content (AvgIpc) is 3.06. The lowest BCUT2D eigenvalue weighted by molar-refractivity contribution is -0.286. The molecule has 0 aromatic carbocycles. The molecule has 4 aliphatic carbocycles. The first-order valence-electron chi connectivity index (χ1n) is 13.1. The van der Waals surface area contributed by atoms with Crippen molar-refractivity contribution in [2.45, 2.75) is 110 Å². The second kappa shape index (κ2) is 8.76. The molecule has 3 saturated carbocycles. The van der Waals surface area contributed by atoms with Gasteiger partial charge in [-0.2, -0.15) is 26.3 Å². The smallest absolute Gasteiger partial charge is 0.170 e. The Morgan fingerprint density at radius 2 is 1.61 bits per heavy atom. The highest BCUT2D eigenvalue weighted by molar-refractivity contribution is 5.24. The maximum absolute atomic E-state index is 12.9. The summed E-state index contributed by atoms with van der Waals surface area (Å²) >= 11 is 0. The van der Waals surface area contributed by atoms with Gasteiger partial charge in [0.25, 0.3) is 0 Å². The first-order chi connectivity index (χ1) is 15.3. The zero-order chi connectivity index (χ0) is 24.2. The average molecular weight is 479 g/mol. The van der Waals surface area contributed by atoms with Crippen molar-refractivity contribution in [3.05, 3.63) is 11.6 Å². The van der Waals surface area contributed by atoms with Crippen molar-refractivity contribution in [2.75, 3.05) is 0 Å². The predicted octanol–water partition coefficient (Wildman–Crippen LogP) is 9.50. The number of allylic oxidation sites excluding steroid dienone is 2. The molecule has 0 nitrogen and oxygen atoms in total. The summed E-state index contributed by atoms with van der Waals surface area (Å²) in [5.74, 6) is -0.559. The van der Waals surface area contributed by atoms with Gasteiger partial charge in [0.1, 0.15) is 0 Å². The highest BCUT2D eigenvalue weighted by Crippen LogP contribution is 2.67. The third-order valence-electron chi connectivity index (χ3n) is 10.7. The third-order valence-corrected chi connectivity index (χ3v) is 10.7. The summed E-state index contributed by atoms with van der Waals surface area (Å²) in [5.41, 5.74) is 2.20. The van der Waals surface area contributed by atoms with Crippen LogP contribution in [0.25, 0.3) is 0 Å². The van der Waals surface area contributed by atoms with Gasteiger partial charge in [-0.1, -0.05) is 51.7 Å². The van der Waals surface area contributed by atoms with E-state index in [-0.39, 0.29) is 17.8 Å². The molecular formula is C27H40F6. The molecule has 0 N–H and O–H groups in total. The highest BCUT2D eigenvalue weighted by Gasteiger charge is 2.59. The van der Waals surface area contributed by atoms with Gasteiger partial charge in [0, 0.05) is 0 Å². The summed E-state index contributed by atoms with van der Waals surface area (Å²) < 4.78 is 77.4. The molecule has 0 unspecified atom stereocenters. The Labute approximate surface area is 195 Å². The van der Waals surface area contributed by atoms with Crippen LogP contribution < -0.4 is 0 Å². The van der Waals surface area contributed by atoms with Gasteiger partial charge in [0.2, 0.25) is 0 Å². The molecule has 4 rings (SSSR count). The van der Waals surface area contributed by atoms with Gasteiger partial charge < -0.3 is 0 Å². The van der Waals surface area contributed by atoms with E-state index < -0.39 is 24.7 Å². The lowest BCUT2D eigenvalue weighted by Gasteiger charge is -2.58. The van der Waals surface area contributed by atoms with Gasteiger partial charge >= 0.3 is 12.4 Å². The van der Waals surface area contributed by atoms with Crippen LogP contribution in [0.15, 0.2) is 11.6 Å². The van der Waals surface area contributed by atoms with Crippen LogP contribution in [0.3, 0.4) is 0 Å². The summed E-state index contributed by atoms with van der Waals surface area (Å²) in [6.45, 7) is 6.95. The summed E-state index contributed by atoms with van der Waals surface area (Å²) in [7, 11) is 0. The molecule has 33 heavy (non-hydrogen) atoms. The molecule has 4 aliphatic rings. The monoisotopic (exact) mass is 478 g/mol. The number of halogens is 6. The molecule has 0 saturated heterocycles. The normalized spacial score (nSPS) is 40.1. The standard InChI is InChI=1S/C27H40F6/c1-17(7-6-9-23(26(28,29)30)27(31,32)33)20-12-13-21-19-11-10-18-8-4-5-15-24(18,2)22(19)14-16-25(20,21)3/h10,17,19-23H,4-9,11-16H2,1-3H3/t17-,19+,20-,21+,22+,24+,25-/m1/s1. The number of hydrogen-bond donors (Lipinski definition) is 0. The number of hydrogen-bond acceptors (Lipinski definition) is 0. The molecule has 0 amide bonds. The Balaban J connectivity index is 1.41. The van der Waals surface area contributed by atoms with Crippen LogP contribution in [0.2, 0.25) is 0 Å². The van der Waals surface area contributed by atoms with Crippen LogP contribution in [-0.4, -0.2) is 12.4 Å². The van der Waals surface area contributed by atoms with Crippen LogP contribution in [0, 0.1) is 46.3 Å². The van der Waals surface area contributed by atoms with E-state index in [1.54, 1.807) is 5.57 Å². The molecule has 190 valence electrons. The van der Waals surface area contributed by atoms with Crippen molar-refractivity contribution in [3.63, 3.8) is 0 Å². The third kappa shape index (κ3) is 4.50. The number of rotatable bonds is 5. The fourth-order valence-electron chi connectivity index (χ4n) is 9.03. The lowest BCUT2D eigenvalue weighted by atomic mass is 9.47. The fraction of sp³-hybridized carbons (Fsp3) is 0.926. The fourth-order valence-corrected chi connectivity index (χ4v) is 9.03. The van der Waals surface area contributed by atoms with E-state index in [9.17, 15) is 26.3 Å². The summed E-state index contributed by atoms with van der Waals surface area (Å²) in [5, 5.41) is 0. The summed E-state index contributed by atoms with van der Waals surface area (Å²) in [4.78, 5) is 0. The van der Waals surface area contributed by atoms with E-state index in [0.717, 1.165) is 25.2 Å². The molecule has 3 fully saturated rings. The zero-order valence-electron chi connectivity index (χ0n) is 20.3. The largest absolute Gasteiger partial charge is 0.400 e. The van der Waals surface area contributed by atoms with Gasteiger partial charge in [-0.05, 0) is 98.2 Å². The van der Waals surface area contributed by atoms with E-state index in [2.05, 4.69) is 26.8 Å². The summed E-state index contributed by atoms with van der Waals surface area (Å²) in [6.07, 6.45) is 2.64. The quantitative estimate of drug-likeness (QED) is 0.273. The number of alkyl halides is 6. The summed E-state index contributed by atoms with van der Waals surface area (Å²) in [6, 6.07) is 0. The Morgan fingerprint density at radius 1 is 0.909 bits per heavy atom. The van der Waals surface area contributed by atoms with Crippen LogP contribution in [0.1, 0.15) is 97.8 Å². The first-order valence-corrected chi connectivity index (χ1v) is 13.1. The van der Waals surface area contributed by atoms with E-state index >= 15 is 0 Å². The highest BCUT2D eigenvalue weighted by atomic mass is 19.4. The molecule has 0 bridgehead atoms. The minimum atomic E-state index is -5.22. The van der Waals surface area contributed by atoms with Crippen molar-refractivity contribution in [1.82, 2.24) is 0 Å². The first kappa shape index (κ1) is 25.4. The van der Waals surface area contributed by atoms with Crippen LogP contribution in [-0.2, 0) is 0 Å². The Bertz CT molecular complexity index is 722. The molecule has 0 aromatic heterocycles. The van der Waals surface area contributed by atoms with Crippen molar-refractivity contribution < 1.29 is 26.3 Å². The van der Waals surface area contributed by atoms with Crippen molar-refractivity contribution >= 4 is 0 Å². The molecule has 7 atom stereocenters. The molecule has 0 heterocycles. The Morgan fingerprint density at radius 3 is 2.27 bits per heavy atom. The Kier molecular flexibility index (Phi) is 6.75. The minimum absolute atomic E-state index is 0.0156. The van der Waals surface area contributed by atoms with E-state index in [0.29, 0.717) is 29.6 Å². The van der Waals surface area contributed by atoms with Gasteiger partial charge in [-0.15, -0.1) is 0 Å². The maximum Gasteiger partial charge on any atom is 0.400 e. The van der Waals surface area contributed by atoms with Gasteiger partial charge in [-0.3, -0.25) is 0 Å². The molecule has 0 aromatic rings. The van der Waals surface area contributed by atoms with E-state index in [1.165, 1.54) is 38.5 Å². The Hall–Kier alpha value is -0.680. The van der Waals surface area contributed by atoms with Crippen LogP contribution >= 0.6 is 0 Å². The van der Waals surface area contributed by atoms with Gasteiger partial charge in [0.15, 0.2) is 5.92 Å². The SMILES string of the molecule is C[C@H](CCCC(C(F)(F)F)C(F)(F)F)[C@H]1CC[C@H]2[C@@H]3CC=C4CCCC[C@]4(C)[C@H]3CC[C@]12C. The van der Waals surface area contributed by atoms with Crippen molar-refractivity contribution in [2.24, 2.45) is 46.3 Å². The van der Waals surface area contributed by atoms with E-state index in [1.807, 2.05) is 0 Å². The second-order valence-corrected chi connectivity index (χ2v) is 12.2. The van der Waals surface area contributed by atoms with Crippen molar-refractivity contribution in [1.29, 1.82) is 0 Å². The number of fused-ring (bicyclic) bond motifs is 5. The molecule has 0 spiro atoms. The van der Waals surface area contributed by atoms with Crippen LogP contribution in [0.4, 0.5) is 26.3 Å². The molecule has 6 heteroatoms. The van der Waals surface area contributed by atoms with Crippen LogP contribution in [0.5, 0.6) is 0 Å². The molecular weight excluding hydrogens is 438 g/mol. The lowest BCUT2D eigenvalue weighted by Crippen LogP contribution is -2.50. The zero-order valence-corrected chi connectivity index (χ0v) is 20.3. The topological polar surface area (TPSA) is 0 Å². The van der Waals surface area contributed by atoms with Crippen molar-refractivity contribution in [3.8, 4) is 0 Å². The van der Waals surface area contributed by atoms with E-state index in [4.69, 9.17) is 0 Å². The molecule has 0 aliphatic heterocycles. The second-order valence-electron chi connectivity index (χ2n) is 12.2. The van der Waals surface area contributed by atoms with Gasteiger partial charge in [-0.25, -0.2) is 0 Å².